The fourth-order valence-electron chi connectivity index (χ4n) is 1.86. The average Bonchev–Trinajstić information content (AvgIpc) is 3.03. The van der Waals surface area contributed by atoms with Crippen LogP contribution in [0.1, 0.15) is 17.8 Å². The molecule has 0 fully saturated rings. The number of aryl methyl sites for hydroxylation is 1. The molecule has 9 nitrogen and oxygen atoms in total. The molecule has 26 heavy (non-hydrogen) atoms. The Morgan fingerprint density at radius 2 is 1.92 bits per heavy atom. The number of anilines is 2. The van der Waals surface area contributed by atoms with E-state index in [1.165, 1.54) is 18.4 Å². The highest BCUT2D eigenvalue weighted by atomic mass is 32.1. The molecule has 0 saturated heterocycles. The molecule has 0 aliphatic carbocycles. The minimum absolute atomic E-state index is 0.0744. The van der Waals surface area contributed by atoms with Crippen LogP contribution in [-0.2, 0) is 19.1 Å². The molecule has 2 N–H and O–H groups in total. The van der Waals surface area contributed by atoms with Crippen LogP contribution in [0.15, 0.2) is 24.3 Å². The predicted octanol–water partition coefficient (Wildman–Crippen LogP) is 1.76. The second-order valence-corrected chi connectivity index (χ2v) is 6.30. The van der Waals surface area contributed by atoms with Gasteiger partial charge < -0.3 is 20.1 Å². The van der Waals surface area contributed by atoms with Crippen LogP contribution in [0.3, 0.4) is 0 Å². The molecular formula is C16H18N4O5S. The lowest BCUT2D eigenvalue weighted by molar-refractivity contribution is -0.147. The molecule has 0 radical (unpaired) electrons. The third-order valence-electron chi connectivity index (χ3n) is 3.05. The van der Waals surface area contributed by atoms with E-state index < -0.39 is 18.5 Å². The summed E-state index contributed by atoms with van der Waals surface area (Å²) < 4.78 is 9.90. The first-order valence-corrected chi connectivity index (χ1v) is 8.47. The molecule has 1 aromatic carbocycles. The van der Waals surface area contributed by atoms with Crippen molar-refractivity contribution >= 4 is 39.9 Å². The highest BCUT2D eigenvalue weighted by Gasteiger charge is 2.12. The highest BCUT2D eigenvalue weighted by molar-refractivity contribution is 7.15. The summed E-state index contributed by atoms with van der Waals surface area (Å²) >= 11 is 1.24. The molecule has 0 atom stereocenters. The van der Waals surface area contributed by atoms with Crippen molar-refractivity contribution in [2.24, 2.45) is 0 Å². The van der Waals surface area contributed by atoms with E-state index in [2.05, 4.69) is 20.8 Å². The molecule has 2 amide bonds. The quantitative estimate of drug-likeness (QED) is 0.672. The van der Waals surface area contributed by atoms with Gasteiger partial charge in [-0.05, 0) is 19.1 Å². The Balaban J connectivity index is 1.67. The van der Waals surface area contributed by atoms with Gasteiger partial charge in [-0.25, -0.2) is 0 Å². The molecular weight excluding hydrogens is 360 g/mol. The number of rotatable bonds is 8. The maximum atomic E-state index is 11.8. The number of benzene rings is 1. The van der Waals surface area contributed by atoms with Crippen LogP contribution in [0.4, 0.5) is 10.8 Å². The molecule has 10 heteroatoms. The van der Waals surface area contributed by atoms with Crippen LogP contribution in [0, 0.1) is 6.92 Å². The summed E-state index contributed by atoms with van der Waals surface area (Å²) in [5.41, 5.74) is 0.525. The first-order valence-electron chi connectivity index (χ1n) is 7.66. The number of esters is 1. The number of methoxy groups -OCH3 is 1. The summed E-state index contributed by atoms with van der Waals surface area (Å²) in [6.45, 7) is 1.33. The summed E-state index contributed by atoms with van der Waals surface area (Å²) in [5, 5.41) is 13.7. The van der Waals surface area contributed by atoms with Crippen LogP contribution in [0.5, 0.6) is 5.75 Å². The normalized spacial score (nSPS) is 10.1. The van der Waals surface area contributed by atoms with Gasteiger partial charge in [0.25, 0.3) is 5.91 Å². The van der Waals surface area contributed by atoms with E-state index in [4.69, 9.17) is 9.47 Å². The van der Waals surface area contributed by atoms with Crippen molar-refractivity contribution < 1.29 is 23.9 Å². The van der Waals surface area contributed by atoms with Crippen molar-refractivity contribution in [3.05, 3.63) is 29.3 Å². The van der Waals surface area contributed by atoms with E-state index in [0.717, 1.165) is 5.01 Å². The largest absolute Gasteiger partial charge is 0.497 e. The van der Waals surface area contributed by atoms with Crippen molar-refractivity contribution in [2.75, 3.05) is 24.4 Å². The predicted molar refractivity (Wildman–Crippen MR) is 95.1 cm³/mol. The van der Waals surface area contributed by atoms with Gasteiger partial charge in [0.2, 0.25) is 11.0 Å². The zero-order chi connectivity index (χ0) is 18.9. The van der Waals surface area contributed by atoms with E-state index >= 15 is 0 Å². The second kappa shape index (κ2) is 9.47. The summed E-state index contributed by atoms with van der Waals surface area (Å²) in [6, 6.07) is 6.78. The molecule has 0 unspecified atom stereocenters. The monoisotopic (exact) mass is 378 g/mol. The van der Waals surface area contributed by atoms with E-state index in [-0.39, 0.29) is 18.7 Å². The minimum atomic E-state index is -0.644. The molecule has 0 bridgehead atoms. The van der Waals surface area contributed by atoms with E-state index in [1.807, 2.05) is 0 Å². The number of amides is 2. The Hall–Kier alpha value is -3.01. The Labute approximate surface area is 153 Å². The van der Waals surface area contributed by atoms with Gasteiger partial charge in [0.1, 0.15) is 10.8 Å². The lowest BCUT2D eigenvalue weighted by atomic mass is 10.3. The Morgan fingerprint density at radius 3 is 2.62 bits per heavy atom. The topological polar surface area (TPSA) is 120 Å². The van der Waals surface area contributed by atoms with Gasteiger partial charge >= 0.3 is 5.97 Å². The zero-order valence-electron chi connectivity index (χ0n) is 14.3. The number of carbonyl (C=O) groups is 3. The van der Waals surface area contributed by atoms with Crippen molar-refractivity contribution in [1.29, 1.82) is 0 Å². The lowest BCUT2D eigenvalue weighted by Gasteiger charge is -2.08. The Kier molecular flexibility index (Phi) is 7.03. The maximum Gasteiger partial charge on any atom is 0.306 e. The van der Waals surface area contributed by atoms with Crippen molar-refractivity contribution in [2.45, 2.75) is 19.8 Å². The Morgan fingerprint density at radius 1 is 1.12 bits per heavy atom. The van der Waals surface area contributed by atoms with Crippen LogP contribution >= 0.6 is 11.3 Å². The molecule has 0 aliphatic heterocycles. The van der Waals surface area contributed by atoms with Gasteiger partial charge in [-0.15, -0.1) is 10.2 Å². The van der Waals surface area contributed by atoms with E-state index in [0.29, 0.717) is 16.6 Å². The summed E-state index contributed by atoms with van der Waals surface area (Å²) in [7, 11) is 1.52. The molecule has 1 aromatic heterocycles. The summed E-state index contributed by atoms with van der Waals surface area (Å²) in [6.07, 6.45) is -0.217. The maximum absolute atomic E-state index is 11.8. The number of ether oxygens (including phenoxy) is 2. The number of hydrogen-bond acceptors (Lipinski definition) is 8. The fourth-order valence-corrected chi connectivity index (χ4v) is 2.47. The fraction of sp³-hybridized carbons (Fsp3) is 0.312. The van der Waals surface area contributed by atoms with Gasteiger partial charge in [-0.3, -0.25) is 14.4 Å². The second-order valence-electron chi connectivity index (χ2n) is 5.12. The average molecular weight is 378 g/mol. The van der Waals surface area contributed by atoms with E-state index in [9.17, 15) is 14.4 Å². The smallest absolute Gasteiger partial charge is 0.306 e. The number of nitrogens with one attached hydrogen (secondary N) is 2. The highest BCUT2D eigenvalue weighted by Crippen LogP contribution is 2.16. The van der Waals surface area contributed by atoms with Crippen LogP contribution < -0.4 is 15.4 Å². The number of nitrogens with zero attached hydrogens (tertiary/aromatic N) is 2. The standard InChI is InChI=1S/C16H18N4O5S/c1-10-19-20-16(26-10)18-13(21)6-7-15(23)25-9-14(22)17-11-4-3-5-12(8-11)24-2/h3-5,8H,6-7,9H2,1-2H3,(H,17,22)(H,18,20,21). The van der Waals surface area contributed by atoms with Crippen LogP contribution in [0.25, 0.3) is 0 Å². The third-order valence-corrected chi connectivity index (χ3v) is 3.80. The van der Waals surface area contributed by atoms with Gasteiger partial charge in [-0.1, -0.05) is 17.4 Å². The van der Waals surface area contributed by atoms with Crippen molar-refractivity contribution in [1.82, 2.24) is 10.2 Å². The van der Waals surface area contributed by atoms with Gasteiger partial charge in [0.05, 0.1) is 13.5 Å². The number of aromatic nitrogens is 2. The van der Waals surface area contributed by atoms with Crippen molar-refractivity contribution in [3.8, 4) is 5.75 Å². The summed E-state index contributed by atoms with van der Waals surface area (Å²) in [5.74, 6) is -0.912. The van der Waals surface area contributed by atoms with E-state index in [1.54, 1.807) is 31.2 Å². The van der Waals surface area contributed by atoms with Gasteiger partial charge in [-0.2, -0.15) is 0 Å². The first kappa shape index (κ1) is 19.3. The number of carbonyl (C=O) groups excluding carboxylic acids is 3. The molecule has 138 valence electrons. The summed E-state index contributed by atoms with van der Waals surface area (Å²) in [4.78, 5) is 35.1. The molecule has 2 aromatic rings. The molecule has 0 aliphatic rings. The SMILES string of the molecule is COc1cccc(NC(=O)COC(=O)CCC(=O)Nc2nnc(C)s2)c1. The van der Waals surface area contributed by atoms with Crippen LogP contribution in [-0.4, -0.2) is 41.7 Å². The van der Waals surface area contributed by atoms with Gasteiger partial charge in [0.15, 0.2) is 6.61 Å². The first-order chi connectivity index (χ1) is 12.5. The minimum Gasteiger partial charge on any atom is -0.497 e. The third kappa shape index (κ3) is 6.48. The molecule has 1 heterocycles. The Bertz CT molecular complexity index is 792. The molecule has 2 rings (SSSR count). The molecule has 0 saturated carbocycles. The lowest BCUT2D eigenvalue weighted by Crippen LogP contribution is -2.21. The molecule has 0 spiro atoms. The van der Waals surface area contributed by atoms with Crippen molar-refractivity contribution in [3.63, 3.8) is 0 Å². The van der Waals surface area contributed by atoms with Gasteiger partial charge in [0, 0.05) is 18.2 Å². The van der Waals surface area contributed by atoms with Crippen LogP contribution in [0.2, 0.25) is 0 Å². The number of hydrogen-bond donors (Lipinski definition) is 2. The zero-order valence-corrected chi connectivity index (χ0v) is 15.1.